The number of rotatable bonds is 8. The smallest absolute Gasteiger partial charge is 0.330 e. The molecule has 1 aromatic rings. The zero-order valence-corrected chi connectivity index (χ0v) is 14.0. The number of aliphatic hydroxyl groups is 1. The highest BCUT2D eigenvalue weighted by atomic mass is 16.5. The molecule has 0 aliphatic heterocycles. The maximum absolute atomic E-state index is 10.0. The van der Waals surface area contributed by atoms with E-state index in [4.69, 9.17) is 9.39 Å². The van der Waals surface area contributed by atoms with Gasteiger partial charge in [-0.1, -0.05) is 17.6 Å². The number of ether oxygens (including phenoxy) is 1. The molecule has 0 unspecified atom stereocenters. The first-order valence-corrected chi connectivity index (χ1v) is 7.23. The quantitative estimate of drug-likeness (QED) is 0.736. The van der Waals surface area contributed by atoms with Gasteiger partial charge in [-0.3, -0.25) is 0 Å². The van der Waals surface area contributed by atoms with Crippen LogP contribution < -0.4 is 10.2 Å². The second-order valence-corrected chi connectivity index (χ2v) is 6.53. The average molecular weight is 292 g/mol. The van der Waals surface area contributed by atoms with Crippen LogP contribution in [0.3, 0.4) is 0 Å². The monoisotopic (exact) mass is 292 g/mol. The largest absolute Gasteiger partial charge is 0.492 e. The maximum atomic E-state index is 10.0. The predicted octanol–water partition coefficient (Wildman–Crippen LogP) is 1.44. The van der Waals surface area contributed by atoms with Crippen LogP contribution in [0, 0.1) is 0 Å². The lowest BCUT2D eigenvalue weighted by atomic mass is 9.82. The van der Waals surface area contributed by atoms with Crippen molar-refractivity contribution >= 4 is 12.9 Å². The fourth-order valence-corrected chi connectivity index (χ4v) is 1.35. The Labute approximate surface area is 129 Å². The molecule has 21 heavy (non-hydrogen) atoms. The van der Waals surface area contributed by atoms with E-state index in [0.717, 1.165) is 17.8 Å². The predicted molar refractivity (Wildman–Crippen MR) is 87.3 cm³/mol. The van der Waals surface area contributed by atoms with E-state index >= 15 is 0 Å². The molecule has 0 aliphatic carbocycles. The van der Waals surface area contributed by atoms with Crippen LogP contribution in [0.1, 0.15) is 27.7 Å². The summed E-state index contributed by atoms with van der Waals surface area (Å²) in [7, 11) is 5.70. The summed E-state index contributed by atoms with van der Waals surface area (Å²) in [5.74, 6) is 0.843. The fourth-order valence-electron chi connectivity index (χ4n) is 1.35. The van der Waals surface area contributed by atoms with Gasteiger partial charge in [-0.05, 0) is 53.9 Å². The van der Waals surface area contributed by atoms with E-state index < -0.39 is 11.2 Å². The summed E-state index contributed by atoms with van der Waals surface area (Å²) in [5, 5.41) is 10.0. The lowest BCUT2D eigenvalue weighted by Gasteiger charge is -2.37. The van der Waals surface area contributed by atoms with Crippen molar-refractivity contribution in [2.75, 3.05) is 27.2 Å². The molecule has 117 valence electrons. The number of nitrogens with zero attached hydrogens (tertiary/aromatic N) is 1. The molecule has 1 aromatic carbocycles. The topological polar surface area (TPSA) is 41.9 Å². The van der Waals surface area contributed by atoms with Crippen molar-refractivity contribution in [3.05, 3.63) is 24.3 Å². The normalized spacial score (nSPS) is 12.6. The van der Waals surface area contributed by atoms with E-state index in [2.05, 4.69) is 4.90 Å². The standard InChI is InChI=1S/C16H27BNO3/c1-15(2,19)16(3,4)21-17-13-7-9-14(10-8-13)20-12-11-18(5)6/h7-10,19H,11-12H2,1-6H3. The Kier molecular flexibility index (Phi) is 6.26. The minimum atomic E-state index is -0.918. The molecule has 0 heterocycles. The van der Waals surface area contributed by atoms with Crippen molar-refractivity contribution in [2.24, 2.45) is 0 Å². The zero-order chi connectivity index (χ0) is 16.1. The highest BCUT2D eigenvalue weighted by Gasteiger charge is 2.35. The van der Waals surface area contributed by atoms with Gasteiger partial charge >= 0.3 is 7.48 Å². The molecule has 0 bridgehead atoms. The van der Waals surface area contributed by atoms with Crippen molar-refractivity contribution in [3.63, 3.8) is 0 Å². The fraction of sp³-hybridized carbons (Fsp3) is 0.625. The van der Waals surface area contributed by atoms with Crippen LogP contribution in [0.2, 0.25) is 0 Å². The minimum Gasteiger partial charge on any atom is -0.492 e. The van der Waals surface area contributed by atoms with Crippen LogP contribution in [0.25, 0.3) is 0 Å². The van der Waals surface area contributed by atoms with Gasteiger partial charge in [-0.25, -0.2) is 0 Å². The van der Waals surface area contributed by atoms with Crippen LogP contribution in [0.4, 0.5) is 0 Å². The van der Waals surface area contributed by atoms with Crippen molar-refractivity contribution in [3.8, 4) is 5.75 Å². The van der Waals surface area contributed by atoms with E-state index in [9.17, 15) is 5.11 Å². The van der Waals surface area contributed by atoms with Gasteiger partial charge in [0.15, 0.2) is 0 Å². The van der Waals surface area contributed by atoms with Crippen LogP contribution in [-0.2, 0) is 4.65 Å². The van der Waals surface area contributed by atoms with E-state index in [1.165, 1.54) is 0 Å². The lowest BCUT2D eigenvalue weighted by molar-refractivity contribution is -0.0893. The Bertz CT molecular complexity index is 424. The summed E-state index contributed by atoms with van der Waals surface area (Å²) in [6, 6.07) is 7.71. The number of hydrogen-bond acceptors (Lipinski definition) is 4. The molecule has 1 N–H and O–H groups in total. The van der Waals surface area contributed by atoms with Gasteiger partial charge in [0, 0.05) is 6.54 Å². The summed E-state index contributed by atoms with van der Waals surface area (Å²) >= 11 is 0. The first-order chi connectivity index (χ1) is 9.62. The van der Waals surface area contributed by atoms with E-state index in [-0.39, 0.29) is 0 Å². The summed E-state index contributed by atoms with van der Waals surface area (Å²) in [4.78, 5) is 2.08. The Morgan fingerprint density at radius 1 is 1.10 bits per heavy atom. The van der Waals surface area contributed by atoms with Gasteiger partial charge in [-0.15, -0.1) is 0 Å². The maximum Gasteiger partial charge on any atom is 0.330 e. The SMILES string of the molecule is CN(C)CCOc1ccc([B]OC(C)(C)C(C)(C)O)cc1. The second kappa shape index (κ2) is 7.30. The Hall–Kier alpha value is -1.04. The Morgan fingerprint density at radius 3 is 2.14 bits per heavy atom. The highest BCUT2D eigenvalue weighted by Crippen LogP contribution is 2.24. The molecule has 4 nitrogen and oxygen atoms in total. The third kappa shape index (κ3) is 6.08. The van der Waals surface area contributed by atoms with Gasteiger partial charge < -0.3 is 19.4 Å². The molecule has 0 atom stereocenters. The third-order valence-corrected chi connectivity index (χ3v) is 3.65. The first kappa shape index (κ1) is 18.0. The molecule has 0 spiro atoms. The molecule has 0 aromatic heterocycles. The van der Waals surface area contributed by atoms with Crippen molar-refractivity contribution in [1.29, 1.82) is 0 Å². The van der Waals surface area contributed by atoms with Crippen LogP contribution in [0.15, 0.2) is 24.3 Å². The van der Waals surface area contributed by atoms with Crippen LogP contribution >= 0.6 is 0 Å². The van der Waals surface area contributed by atoms with Gasteiger partial charge in [-0.2, -0.15) is 0 Å². The van der Waals surface area contributed by atoms with Crippen molar-refractivity contribution in [2.45, 2.75) is 38.9 Å². The van der Waals surface area contributed by atoms with Crippen molar-refractivity contribution < 1.29 is 14.5 Å². The molecular weight excluding hydrogens is 265 g/mol. The average Bonchev–Trinajstić information content (AvgIpc) is 2.36. The van der Waals surface area contributed by atoms with Gasteiger partial charge in [0.2, 0.25) is 0 Å². The zero-order valence-electron chi connectivity index (χ0n) is 14.0. The first-order valence-electron chi connectivity index (χ1n) is 7.23. The molecule has 1 rings (SSSR count). The number of benzene rings is 1. The molecule has 0 saturated heterocycles. The lowest BCUT2D eigenvalue weighted by Crippen LogP contribution is -2.49. The number of likely N-dealkylation sites (N-methyl/N-ethyl adjacent to an activating group) is 1. The Morgan fingerprint density at radius 2 is 1.67 bits per heavy atom. The highest BCUT2D eigenvalue weighted by molar-refractivity contribution is 6.47. The number of hydrogen-bond donors (Lipinski definition) is 1. The van der Waals surface area contributed by atoms with E-state index in [0.29, 0.717) is 6.61 Å². The van der Waals surface area contributed by atoms with Crippen LogP contribution in [-0.4, -0.2) is 55.9 Å². The van der Waals surface area contributed by atoms with E-state index in [1.807, 2.05) is 52.2 Å². The molecule has 5 heteroatoms. The van der Waals surface area contributed by atoms with Gasteiger partial charge in [0.05, 0.1) is 11.2 Å². The summed E-state index contributed by atoms with van der Waals surface area (Å²) in [6.45, 7) is 8.75. The van der Waals surface area contributed by atoms with Crippen LogP contribution in [0.5, 0.6) is 5.75 Å². The molecule has 0 aliphatic rings. The Balaban J connectivity index is 2.48. The second-order valence-electron chi connectivity index (χ2n) is 6.53. The van der Waals surface area contributed by atoms with Gasteiger partial charge in [0.25, 0.3) is 0 Å². The summed E-state index contributed by atoms with van der Waals surface area (Å²) in [6.07, 6.45) is 0. The van der Waals surface area contributed by atoms with E-state index in [1.54, 1.807) is 21.3 Å². The molecular formula is C16H27BNO3. The third-order valence-electron chi connectivity index (χ3n) is 3.65. The summed E-state index contributed by atoms with van der Waals surface area (Å²) in [5.41, 5.74) is -0.639. The molecule has 1 radical (unpaired) electrons. The minimum absolute atomic E-state index is 0.659. The molecule has 0 fully saturated rings. The summed E-state index contributed by atoms with van der Waals surface area (Å²) < 4.78 is 11.3. The molecule has 0 saturated carbocycles. The van der Waals surface area contributed by atoms with Crippen molar-refractivity contribution in [1.82, 2.24) is 4.90 Å². The van der Waals surface area contributed by atoms with Gasteiger partial charge in [0.1, 0.15) is 12.4 Å². The molecule has 0 amide bonds.